The number of benzene rings is 3. The summed E-state index contributed by atoms with van der Waals surface area (Å²) in [7, 11) is 1.64. The molecule has 0 saturated heterocycles. The summed E-state index contributed by atoms with van der Waals surface area (Å²) in [5.41, 5.74) is 1.69. The summed E-state index contributed by atoms with van der Waals surface area (Å²) >= 11 is 11.8. The molecule has 0 aliphatic heterocycles. The molecule has 5 heteroatoms. The smallest absolute Gasteiger partial charge is 0.331 e. The fourth-order valence-corrected chi connectivity index (χ4v) is 2.79. The van der Waals surface area contributed by atoms with Crippen LogP contribution in [0.5, 0.6) is 5.75 Å². The van der Waals surface area contributed by atoms with E-state index < -0.39 is 5.97 Å². The van der Waals surface area contributed by atoms with Gasteiger partial charge in [-0.05, 0) is 58.3 Å². The molecule has 0 heterocycles. The summed E-state index contributed by atoms with van der Waals surface area (Å²) in [5.74, 6) is 0.387. The molecule has 0 aromatic heterocycles. The third-order valence-electron chi connectivity index (χ3n) is 3.85. The van der Waals surface area contributed by atoms with E-state index in [0.717, 1.165) is 27.6 Å². The van der Waals surface area contributed by atoms with E-state index in [9.17, 15) is 4.79 Å². The molecule has 3 rings (SSSR count). The molecule has 0 radical (unpaired) electrons. The molecule has 132 valence electrons. The van der Waals surface area contributed by atoms with Gasteiger partial charge in [-0.1, -0.05) is 47.5 Å². The minimum absolute atomic E-state index is 0.136. The molecule has 26 heavy (non-hydrogen) atoms. The van der Waals surface area contributed by atoms with Crippen LogP contribution < -0.4 is 4.74 Å². The number of halogens is 2. The molecule has 3 aromatic rings. The third-order valence-corrected chi connectivity index (χ3v) is 4.59. The number of carbonyl (C=O) groups is 1. The van der Waals surface area contributed by atoms with Gasteiger partial charge in [-0.15, -0.1) is 0 Å². The second-order valence-corrected chi connectivity index (χ2v) is 6.48. The largest absolute Gasteiger partial charge is 0.497 e. The molecule has 0 N–H and O–H groups in total. The molecule has 3 aromatic carbocycles. The summed E-state index contributed by atoms with van der Waals surface area (Å²) in [4.78, 5) is 11.9. The Balaban J connectivity index is 1.64. The van der Waals surface area contributed by atoms with E-state index in [1.54, 1.807) is 31.4 Å². The Labute approximate surface area is 161 Å². The molecule has 0 aliphatic carbocycles. The Morgan fingerprint density at radius 1 is 0.962 bits per heavy atom. The Kier molecular flexibility index (Phi) is 5.82. The highest BCUT2D eigenvalue weighted by Crippen LogP contribution is 2.23. The van der Waals surface area contributed by atoms with Gasteiger partial charge in [0.1, 0.15) is 12.4 Å². The zero-order valence-corrected chi connectivity index (χ0v) is 15.6. The van der Waals surface area contributed by atoms with Crippen molar-refractivity contribution in [3.05, 3.63) is 81.8 Å². The van der Waals surface area contributed by atoms with Crippen LogP contribution in [0.2, 0.25) is 10.0 Å². The van der Waals surface area contributed by atoms with Crippen LogP contribution in [-0.2, 0) is 16.1 Å². The first kappa shape index (κ1) is 18.3. The van der Waals surface area contributed by atoms with Gasteiger partial charge in [0.2, 0.25) is 0 Å². The van der Waals surface area contributed by atoms with Crippen LogP contribution in [0.1, 0.15) is 11.1 Å². The lowest BCUT2D eigenvalue weighted by Crippen LogP contribution is -2.00. The van der Waals surface area contributed by atoms with Crippen molar-refractivity contribution in [3.8, 4) is 5.75 Å². The Morgan fingerprint density at radius 3 is 2.50 bits per heavy atom. The van der Waals surface area contributed by atoms with Crippen LogP contribution in [0.4, 0.5) is 0 Å². The Bertz CT molecular complexity index is 980. The third kappa shape index (κ3) is 4.57. The van der Waals surface area contributed by atoms with Gasteiger partial charge in [-0.2, -0.15) is 0 Å². The predicted octanol–water partition coefficient (Wildman–Crippen LogP) is 5.91. The van der Waals surface area contributed by atoms with Gasteiger partial charge in [0.05, 0.1) is 17.2 Å². The summed E-state index contributed by atoms with van der Waals surface area (Å²) in [6.07, 6.45) is 3.13. The lowest BCUT2D eigenvalue weighted by atomic mass is 10.1. The predicted molar refractivity (Wildman–Crippen MR) is 106 cm³/mol. The van der Waals surface area contributed by atoms with Gasteiger partial charge in [0.15, 0.2) is 0 Å². The fraction of sp³-hybridized carbons (Fsp3) is 0.0952. The highest BCUT2D eigenvalue weighted by atomic mass is 35.5. The Hall–Kier alpha value is -2.49. The van der Waals surface area contributed by atoms with E-state index in [-0.39, 0.29) is 6.61 Å². The van der Waals surface area contributed by atoms with Gasteiger partial charge < -0.3 is 9.47 Å². The lowest BCUT2D eigenvalue weighted by Gasteiger charge is -2.04. The van der Waals surface area contributed by atoms with Crippen LogP contribution in [-0.4, -0.2) is 13.1 Å². The number of hydrogen-bond donors (Lipinski definition) is 0. The maximum absolute atomic E-state index is 11.9. The van der Waals surface area contributed by atoms with E-state index in [0.29, 0.717) is 10.0 Å². The molecule has 0 spiro atoms. The van der Waals surface area contributed by atoms with Crippen molar-refractivity contribution >= 4 is 46.0 Å². The fourth-order valence-electron chi connectivity index (χ4n) is 2.47. The maximum atomic E-state index is 11.9. The number of hydrogen-bond acceptors (Lipinski definition) is 3. The van der Waals surface area contributed by atoms with E-state index in [4.69, 9.17) is 32.7 Å². The lowest BCUT2D eigenvalue weighted by molar-refractivity contribution is -0.138. The maximum Gasteiger partial charge on any atom is 0.331 e. The first-order chi connectivity index (χ1) is 12.5. The number of fused-ring (bicyclic) bond motifs is 1. The van der Waals surface area contributed by atoms with E-state index >= 15 is 0 Å². The molecule has 0 amide bonds. The van der Waals surface area contributed by atoms with Crippen molar-refractivity contribution in [2.24, 2.45) is 0 Å². The van der Waals surface area contributed by atoms with Crippen LogP contribution in [0, 0.1) is 0 Å². The standard InChI is InChI=1S/C21H16Cl2O3/c1-25-18-7-6-16-10-14(2-5-17(16)12-18)4-9-21(24)26-13-15-3-8-19(22)20(23)11-15/h2-12H,13H2,1H3/b9-4+. The summed E-state index contributed by atoms with van der Waals surface area (Å²) in [6, 6.07) is 16.9. The quantitative estimate of drug-likeness (QED) is 0.403. The molecule has 0 unspecified atom stereocenters. The first-order valence-corrected chi connectivity index (χ1v) is 8.67. The zero-order chi connectivity index (χ0) is 18.5. The topological polar surface area (TPSA) is 35.5 Å². The molecule has 0 atom stereocenters. The Morgan fingerprint density at radius 2 is 1.73 bits per heavy atom. The van der Waals surface area contributed by atoms with Crippen LogP contribution >= 0.6 is 23.2 Å². The molecule has 0 saturated carbocycles. The van der Waals surface area contributed by atoms with Gasteiger partial charge in [0.25, 0.3) is 0 Å². The minimum atomic E-state index is -0.425. The summed E-state index contributed by atoms with van der Waals surface area (Å²) in [6.45, 7) is 0.136. The second-order valence-electron chi connectivity index (χ2n) is 5.66. The number of ether oxygens (including phenoxy) is 2. The SMILES string of the molecule is COc1ccc2cc(/C=C/C(=O)OCc3ccc(Cl)c(Cl)c3)ccc2c1. The number of carbonyl (C=O) groups excluding carboxylic acids is 1. The first-order valence-electron chi connectivity index (χ1n) is 7.92. The molecule has 3 nitrogen and oxygen atoms in total. The van der Waals surface area contributed by atoms with Crippen molar-refractivity contribution in [2.75, 3.05) is 7.11 Å². The molecule has 0 bridgehead atoms. The van der Waals surface area contributed by atoms with Crippen LogP contribution in [0.15, 0.2) is 60.7 Å². The number of methoxy groups -OCH3 is 1. The summed E-state index contributed by atoms with van der Waals surface area (Å²) in [5, 5.41) is 3.04. The second kappa shape index (κ2) is 8.26. The van der Waals surface area contributed by atoms with Gasteiger partial charge in [-0.25, -0.2) is 4.79 Å². The van der Waals surface area contributed by atoms with Crippen LogP contribution in [0.3, 0.4) is 0 Å². The highest BCUT2D eigenvalue weighted by Gasteiger charge is 2.03. The van der Waals surface area contributed by atoms with E-state index in [1.807, 2.05) is 36.4 Å². The van der Waals surface area contributed by atoms with Gasteiger partial charge in [0, 0.05) is 6.08 Å². The van der Waals surface area contributed by atoms with E-state index in [1.165, 1.54) is 6.08 Å². The van der Waals surface area contributed by atoms with E-state index in [2.05, 4.69) is 0 Å². The van der Waals surface area contributed by atoms with Crippen molar-refractivity contribution < 1.29 is 14.3 Å². The van der Waals surface area contributed by atoms with Crippen molar-refractivity contribution in [1.82, 2.24) is 0 Å². The highest BCUT2D eigenvalue weighted by molar-refractivity contribution is 6.42. The van der Waals surface area contributed by atoms with Gasteiger partial charge in [-0.3, -0.25) is 0 Å². The molecule has 0 fully saturated rings. The molecule has 0 aliphatic rings. The molecular formula is C21H16Cl2O3. The average Bonchev–Trinajstić information content (AvgIpc) is 2.66. The van der Waals surface area contributed by atoms with Crippen molar-refractivity contribution in [1.29, 1.82) is 0 Å². The summed E-state index contributed by atoms with van der Waals surface area (Å²) < 4.78 is 10.4. The molecular weight excluding hydrogens is 371 g/mol. The zero-order valence-electron chi connectivity index (χ0n) is 14.0. The average molecular weight is 387 g/mol. The number of esters is 1. The monoisotopic (exact) mass is 386 g/mol. The van der Waals surface area contributed by atoms with Crippen molar-refractivity contribution in [2.45, 2.75) is 6.61 Å². The van der Waals surface area contributed by atoms with Crippen molar-refractivity contribution in [3.63, 3.8) is 0 Å². The normalized spacial score (nSPS) is 11.0. The number of rotatable bonds is 5. The minimum Gasteiger partial charge on any atom is -0.497 e. The van der Waals surface area contributed by atoms with Crippen LogP contribution in [0.25, 0.3) is 16.8 Å². The van der Waals surface area contributed by atoms with Gasteiger partial charge >= 0.3 is 5.97 Å².